The van der Waals surface area contributed by atoms with Crippen molar-refractivity contribution in [3.8, 4) is 12.3 Å². The van der Waals surface area contributed by atoms with E-state index in [0.29, 0.717) is 6.42 Å². The maximum atomic E-state index is 11.1. The number of hydrogen-bond donors (Lipinski definition) is 3. The number of urea groups is 1. The Kier molecular flexibility index (Phi) is 5.95. The fourth-order valence-corrected chi connectivity index (χ4v) is 0.912. The molecule has 2 unspecified atom stereocenters. The van der Waals surface area contributed by atoms with Crippen molar-refractivity contribution >= 4 is 12.0 Å². The molecule has 3 N–H and O–H groups in total. The largest absolute Gasteiger partial charge is 0.481 e. The smallest absolute Gasteiger partial charge is 0.315 e. The summed E-state index contributed by atoms with van der Waals surface area (Å²) in [4.78, 5) is 21.8. The molecule has 0 saturated heterocycles. The predicted molar refractivity (Wildman–Crippen MR) is 56.2 cm³/mol. The van der Waals surface area contributed by atoms with Gasteiger partial charge in [-0.3, -0.25) is 4.79 Å². The number of rotatable bonds is 5. The van der Waals surface area contributed by atoms with E-state index < -0.39 is 17.9 Å². The second-order valence-electron chi connectivity index (χ2n) is 3.19. The number of aliphatic carboxylic acids is 1. The fourth-order valence-electron chi connectivity index (χ4n) is 0.912. The Morgan fingerprint density at radius 2 is 2.13 bits per heavy atom. The van der Waals surface area contributed by atoms with Crippen LogP contribution >= 0.6 is 0 Å². The summed E-state index contributed by atoms with van der Waals surface area (Å²) in [6, 6.07) is -0.810. The third-order valence-electron chi connectivity index (χ3n) is 1.95. The zero-order valence-electron chi connectivity index (χ0n) is 8.91. The highest BCUT2D eigenvalue weighted by Crippen LogP contribution is 1.99. The Morgan fingerprint density at radius 1 is 1.53 bits per heavy atom. The Bertz CT molecular complexity index is 270. The molecular formula is C10H16N2O3. The van der Waals surface area contributed by atoms with Crippen LogP contribution in [0.2, 0.25) is 0 Å². The van der Waals surface area contributed by atoms with Gasteiger partial charge in [0.2, 0.25) is 0 Å². The summed E-state index contributed by atoms with van der Waals surface area (Å²) in [5.41, 5.74) is 0. The molecule has 2 atom stereocenters. The van der Waals surface area contributed by atoms with Crippen LogP contribution in [0.5, 0.6) is 0 Å². The van der Waals surface area contributed by atoms with Gasteiger partial charge in [-0.1, -0.05) is 12.8 Å². The van der Waals surface area contributed by atoms with Crippen molar-refractivity contribution in [2.24, 2.45) is 5.92 Å². The van der Waals surface area contributed by atoms with Crippen LogP contribution in [0.1, 0.15) is 20.3 Å². The van der Waals surface area contributed by atoms with Crippen molar-refractivity contribution in [1.29, 1.82) is 0 Å². The van der Waals surface area contributed by atoms with Crippen molar-refractivity contribution < 1.29 is 14.7 Å². The topological polar surface area (TPSA) is 78.4 Å². The van der Waals surface area contributed by atoms with Crippen LogP contribution in [0.4, 0.5) is 4.79 Å². The van der Waals surface area contributed by atoms with E-state index in [9.17, 15) is 9.59 Å². The minimum atomic E-state index is -0.914. The standard InChI is InChI=1S/C10H16N2O3/c1-4-7(3)12-10(15)11-6-8(5-2)9(13)14/h1,7-8H,5-6H2,2-3H3,(H,13,14)(H2,11,12,15). The molecule has 0 heterocycles. The van der Waals surface area contributed by atoms with Gasteiger partial charge in [0.05, 0.1) is 12.0 Å². The van der Waals surface area contributed by atoms with Crippen LogP contribution in [-0.2, 0) is 4.79 Å². The molecule has 5 nitrogen and oxygen atoms in total. The normalized spacial score (nSPS) is 13.4. The molecule has 84 valence electrons. The molecule has 0 aromatic carbocycles. The quantitative estimate of drug-likeness (QED) is 0.578. The lowest BCUT2D eigenvalue weighted by Gasteiger charge is -2.13. The SMILES string of the molecule is C#CC(C)NC(=O)NCC(CC)C(=O)O. The van der Waals surface area contributed by atoms with Gasteiger partial charge in [-0.05, 0) is 13.3 Å². The maximum absolute atomic E-state index is 11.1. The van der Waals surface area contributed by atoms with Gasteiger partial charge < -0.3 is 15.7 Å². The van der Waals surface area contributed by atoms with Gasteiger partial charge in [-0.25, -0.2) is 4.79 Å². The number of terminal acetylenes is 1. The summed E-state index contributed by atoms with van der Waals surface area (Å²) in [6.45, 7) is 3.52. The van der Waals surface area contributed by atoms with Gasteiger partial charge in [0.15, 0.2) is 0 Å². The highest BCUT2D eigenvalue weighted by Gasteiger charge is 2.15. The molecular weight excluding hydrogens is 196 g/mol. The monoisotopic (exact) mass is 212 g/mol. The lowest BCUT2D eigenvalue weighted by atomic mass is 10.1. The Hall–Kier alpha value is -1.70. The molecule has 0 spiro atoms. The van der Waals surface area contributed by atoms with Crippen molar-refractivity contribution in [3.05, 3.63) is 0 Å². The van der Waals surface area contributed by atoms with Crippen molar-refractivity contribution in [3.63, 3.8) is 0 Å². The zero-order valence-corrected chi connectivity index (χ0v) is 8.91. The lowest BCUT2D eigenvalue weighted by Crippen LogP contribution is -2.43. The molecule has 2 amide bonds. The molecule has 5 heteroatoms. The average molecular weight is 212 g/mol. The average Bonchev–Trinajstić information content (AvgIpc) is 2.17. The molecule has 0 aromatic heterocycles. The first-order chi connectivity index (χ1) is 7.01. The van der Waals surface area contributed by atoms with Gasteiger partial charge in [0.1, 0.15) is 0 Å². The number of carbonyl (C=O) groups is 2. The lowest BCUT2D eigenvalue weighted by molar-refractivity contribution is -0.141. The highest BCUT2D eigenvalue weighted by atomic mass is 16.4. The van der Waals surface area contributed by atoms with E-state index in [-0.39, 0.29) is 12.6 Å². The number of carboxylic acid groups (broad SMARTS) is 1. The van der Waals surface area contributed by atoms with Gasteiger partial charge in [-0.2, -0.15) is 0 Å². The van der Waals surface area contributed by atoms with Crippen molar-refractivity contribution in [2.75, 3.05) is 6.54 Å². The summed E-state index contributed by atoms with van der Waals surface area (Å²) in [6.07, 6.45) is 5.54. The fraction of sp³-hybridized carbons (Fsp3) is 0.600. The second-order valence-corrected chi connectivity index (χ2v) is 3.19. The summed E-state index contributed by atoms with van der Waals surface area (Å²) in [5.74, 6) is 0.859. The molecule has 0 aliphatic rings. The minimum Gasteiger partial charge on any atom is -0.481 e. The first-order valence-corrected chi connectivity index (χ1v) is 4.74. The van der Waals surface area contributed by atoms with E-state index in [1.807, 2.05) is 0 Å². The first kappa shape index (κ1) is 13.3. The number of carbonyl (C=O) groups excluding carboxylic acids is 1. The van der Waals surface area contributed by atoms with Crippen LogP contribution in [0, 0.1) is 18.3 Å². The van der Waals surface area contributed by atoms with Crippen molar-refractivity contribution in [1.82, 2.24) is 10.6 Å². The van der Waals surface area contributed by atoms with Crippen LogP contribution in [0.15, 0.2) is 0 Å². The number of nitrogens with one attached hydrogen (secondary N) is 2. The van der Waals surface area contributed by atoms with Crippen LogP contribution in [-0.4, -0.2) is 29.7 Å². The molecule has 0 aliphatic carbocycles. The number of amides is 2. The molecule has 0 fully saturated rings. The van der Waals surface area contributed by atoms with Crippen LogP contribution < -0.4 is 10.6 Å². The van der Waals surface area contributed by atoms with E-state index in [4.69, 9.17) is 11.5 Å². The van der Waals surface area contributed by atoms with Gasteiger partial charge >= 0.3 is 12.0 Å². The Balaban J connectivity index is 3.90. The molecule has 15 heavy (non-hydrogen) atoms. The van der Waals surface area contributed by atoms with Crippen LogP contribution in [0.3, 0.4) is 0 Å². The molecule has 0 aromatic rings. The maximum Gasteiger partial charge on any atom is 0.315 e. The summed E-state index contributed by atoms with van der Waals surface area (Å²) < 4.78 is 0. The van der Waals surface area contributed by atoms with Gasteiger partial charge in [-0.15, -0.1) is 6.42 Å². The molecule has 0 aliphatic heterocycles. The Morgan fingerprint density at radius 3 is 2.53 bits per heavy atom. The van der Waals surface area contributed by atoms with E-state index in [1.54, 1.807) is 13.8 Å². The third-order valence-corrected chi connectivity index (χ3v) is 1.95. The molecule has 0 saturated carbocycles. The van der Waals surface area contributed by atoms with E-state index in [1.165, 1.54) is 0 Å². The van der Waals surface area contributed by atoms with Crippen LogP contribution in [0.25, 0.3) is 0 Å². The predicted octanol–water partition coefficient (Wildman–Crippen LogP) is 0.418. The van der Waals surface area contributed by atoms with E-state index in [0.717, 1.165) is 0 Å². The first-order valence-electron chi connectivity index (χ1n) is 4.74. The zero-order chi connectivity index (χ0) is 11.8. The molecule has 0 bridgehead atoms. The van der Waals surface area contributed by atoms with Crippen molar-refractivity contribution in [2.45, 2.75) is 26.3 Å². The summed E-state index contributed by atoms with van der Waals surface area (Å²) in [5, 5.41) is 13.6. The molecule has 0 rings (SSSR count). The third kappa shape index (κ3) is 5.57. The summed E-state index contributed by atoms with van der Waals surface area (Å²) in [7, 11) is 0. The van der Waals surface area contributed by atoms with E-state index >= 15 is 0 Å². The summed E-state index contributed by atoms with van der Waals surface area (Å²) >= 11 is 0. The van der Waals surface area contributed by atoms with E-state index in [2.05, 4.69) is 16.6 Å². The molecule has 0 radical (unpaired) electrons. The van der Waals surface area contributed by atoms with Gasteiger partial charge in [0, 0.05) is 6.54 Å². The number of carboxylic acids is 1. The second kappa shape index (κ2) is 6.71. The number of hydrogen-bond acceptors (Lipinski definition) is 2. The highest BCUT2D eigenvalue weighted by molar-refractivity contribution is 5.76. The Labute approximate surface area is 89.2 Å². The minimum absolute atomic E-state index is 0.106. The van der Waals surface area contributed by atoms with Gasteiger partial charge in [0.25, 0.3) is 0 Å².